The van der Waals surface area contributed by atoms with Crippen molar-refractivity contribution in [3.8, 4) is 11.5 Å². The number of benzene rings is 3. The number of allylic oxidation sites excluding steroid dienone is 2. The van der Waals surface area contributed by atoms with Crippen molar-refractivity contribution in [2.45, 2.75) is 6.42 Å². The third-order valence-electron chi connectivity index (χ3n) is 8.26. The number of hydrogen-bond donors (Lipinski definition) is 1. The second kappa shape index (κ2) is 8.72. The molecule has 6 nitrogen and oxygen atoms in total. The molecule has 3 aromatic rings. The van der Waals surface area contributed by atoms with E-state index in [2.05, 4.69) is 17.5 Å². The van der Waals surface area contributed by atoms with Gasteiger partial charge in [0.2, 0.25) is 11.8 Å². The maximum absolute atomic E-state index is 13.4. The van der Waals surface area contributed by atoms with E-state index in [9.17, 15) is 14.4 Å². The first kappa shape index (κ1) is 23.5. The zero-order chi connectivity index (χ0) is 26.1. The lowest BCUT2D eigenvalue weighted by molar-refractivity contribution is -0.124. The van der Waals surface area contributed by atoms with Gasteiger partial charge in [0.1, 0.15) is 11.5 Å². The van der Waals surface area contributed by atoms with Gasteiger partial charge in [-0.1, -0.05) is 41.4 Å². The average molecular weight is 545 g/mol. The van der Waals surface area contributed by atoms with E-state index in [0.717, 1.165) is 6.42 Å². The molecule has 3 aromatic carbocycles. The van der Waals surface area contributed by atoms with Crippen molar-refractivity contribution in [2.75, 3.05) is 10.2 Å². The molecule has 1 N–H and O–H groups in total. The van der Waals surface area contributed by atoms with Crippen molar-refractivity contribution in [3.05, 3.63) is 94.5 Å². The Labute approximate surface area is 229 Å². The van der Waals surface area contributed by atoms with E-state index < -0.39 is 0 Å². The molecule has 2 saturated carbocycles. The summed E-state index contributed by atoms with van der Waals surface area (Å²) in [4.78, 5) is 41.2. The molecule has 0 unspecified atom stereocenters. The van der Waals surface area contributed by atoms with Gasteiger partial charge >= 0.3 is 0 Å². The standard InChI is InChI=1S/C30H22Cl2N2O4/c31-16-4-11-25(24(32)13-16)38-19-7-5-17(6-8-19)33-28(35)15-2-1-3-18(12-15)34-29(36)26-20-9-10-21(23-14-22(20)23)27(26)30(34)37/h1-13,20-23,26-27H,14H2,(H,33,35)/t20-,21-,22-,23+,26+,27+/m0/s1. The van der Waals surface area contributed by atoms with E-state index >= 15 is 0 Å². The molecule has 0 radical (unpaired) electrons. The highest BCUT2D eigenvalue weighted by atomic mass is 35.5. The van der Waals surface area contributed by atoms with Crippen LogP contribution >= 0.6 is 23.2 Å². The molecule has 38 heavy (non-hydrogen) atoms. The van der Waals surface area contributed by atoms with Gasteiger partial charge < -0.3 is 10.1 Å². The molecular weight excluding hydrogens is 523 g/mol. The highest BCUT2D eigenvalue weighted by Crippen LogP contribution is 2.65. The fraction of sp³-hybridized carbons (Fsp3) is 0.233. The molecule has 190 valence electrons. The second-order valence-corrected chi connectivity index (χ2v) is 11.2. The fourth-order valence-electron chi connectivity index (χ4n) is 6.49. The monoisotopic (exact) mass is 544 g/mol. The van der Waals surface area contributed by atoms with Gasteiger partial charge in [-0.3, -0.25) is 14.4 Å². The molecule has 1 saturated heterocycles. The van der Waals surface area contributed by atoms with E-state index in [4.69, 9.17) is 27.9 Å². The van der Waals surface area contributed by atoms with Crippen molar-refractivity contribution >= 4 is 52.3 Å². The minimum absolute atomic E-state index is 0.140. The molecule has 6 atom stereocenters. The third kappa shape index (κ3) is 3.74. The van der Waals surface area contributed by atoms with Crippen LogP contribution in [0.1, 0.15) is 16.8 Å². The average Bonchev–Trinajstić information content (AvgIpc) is 3.69. The van der Waals surface area contributed by atoms with Crippen molar-refractivity contribution in [1.82, 2.24) is 0 Å². The second-order valence-electron chi connectivity index (χ2n) is 10.4. The Balaban J connectivity index is 1.06. The van der Waals surface area contributed by atoms with Crippen LogP contribution in [0, 0.1) is 35.5 Å². The highest BCUT2D eigenvalue weighted by molar-refractivity contribution is 6.35. The van der Waals surface area contributed by atoms with Gasteiger partial charge in [0.05, 0.1) is 22.5 Å². The van der Waals surface area contributed by atoms with E-state index in [0.29, 0.717) is 50.3 Å². The summed E-state index contributed by atoms with van der Waals surface area (Å²) in [6.45, 7) is 0. The van der Waals surface area contributed by atoms with E-state index in [1.807, 2.05) is 0 Å². The molecule has 3 fully saturated rings. The van der Waals surface area contributed by atoms with Crippen LogP contribution in [-0.2, 0) is 9.59 Å². The minimum Gasteiger partial charge on any atom is -0.456 e. The number of anilines is 2. The first-order valence-electron chi connectivity index (χ1n) is 12.6. The number of nitrogens with zero attached hydrogens (tertiary/aromatic N) is 1. The number of rotatable bonds is 5. The van der Waals surface area contributed by atoms with Crippen LogP contribution in [0.2, 0.25) is 10.0 Å². The lowest BCUT2D eigenvalue weighted by Crippen LogP contribution is -2.40. The summed E-state index contributed by atoms with van der Waals surface area (Å²) in [5, 5.41) is 3.77. The van der Waals surface area contributed by atoms with Crippen molar-refractivity contribution in [1.29, 1.82) is 0 Å². The number of amides is 3. The number of carbonyl (C=O) groups excluding carboxylic acids is 3. The summed E-state index contributed by atoms with van der Waals surface area (Å²) in [6.07, 6.45) is 5.42. The lowest BCUT2D eigenvalue weighted by Gasteiger charge is -2.37. The smallest absolute Gasteiger partial charge is 0.255 e. The van der Waals surface area contributed by atoms with E-state index in [1.54, 1.807) is 66.7 Å². The predicted octanol–water partition coefficient (Wildman–Crippen LogP) is 6.60. The zero-order valence-corrected chi connectivity index (χ0v) is 21.5. The number of imide groups is 1. The number of nitrogens with one attached hydrogen (secondary N) is 1. The predicted molar refractivity (Wildman–Crippen MR) is 145 cm³/mol. The van der Waals surface area contributed by atoms with Gasteiger partial charge in [-0.2, -0.15) is 0 Å². The fourth-order valence-corrected chi connectivity index (χ4v) is 6.94. The van der Waals surface area contributed by atoms with Gasteiger partial charge in [0.15, 0.2) is 0 Å². The van der Waals surface area contributed by atoms with Crippen LogP contribution in [0.25, 0.3) is 0 Å². The first-order chi connectivity index (χ1) is 18.4. The summed E-state index contributed by atoms with van der Waals surface area (Å²) in [5.74, 6) is 1.23. The topological polar surface area (TPSA) is 75.7 Å². The summed E-state index contributed by atoms with van der Waals surface area (Å²) >= 11 is 12.1. The third-order valence-corrected chi connectivity index (χ3v) is 8.79. The Hall–Kier alpha value is -3.61. The number of halogens is 2. The number of ether oxygens (including phenoxy) is 1. The Kier molecular flexibility index (Phi) is 5.39. The van der Waals surface area contributed by atoms with Gasteiger partial charge in [0, 0.05) is 16.3 Å². The quantitative estimate of drug-likeness (QED) is 0.290. The van der Waals surface area contributed by atoms with Gasteiger partial charge in [0.25, 0.3) is 5.91 Å². The molecule has 3 amide bonds. The number of hydrogen-bond acceptors (Lipinski definition) is 4. The van der Waals surface area contributed by atoms with Crippen molar-refractivity contribution in [3.63, 3.8) is 0 Å². The Morgan fingerprint density at radius 1 is 0.868 bits per heavy atom. The van der Waals surface area contributed by atoms with E-state index in [1.165, 1.54) is 4.90 Å². The van der Waals surface area contributed by atoms with Crippen LogP contribution < -0.4 is 15.0 Å². The molecule has 1 aliphatic heterocycles. The van der Waals surface area contributed by atoms with Crippen LogP contribution in [0.15, 0.2) is 78.9 Å². The normalized spacial score (nSPS) is 28.2. The minimum atomic E-state index is -0.347. The summed E-state index contributed by atoms with van der Waals surface area (Å²) in [7, 11) is 0. The molecule has 2 bridgehead atoms. The molecule has 0 aromatic heterocycles. The molecular formula is C30H22Cl2N2O4. The molecule has 0 spiro atoms. The van der Waals surface area contributed by atoms with Crippen LogP contribution in [0.4, 0.5) is 11.4 Å². The Morgan fingerprint density at radius 2 is 1.55 bits per heavy atom. The summed E-state index contributed by atoms with van der Waals surface area (Å²) < 4.78 is 5.79. The molecule has 5 aliphatic rings. The van der Waals surface area contributed by atoms with Gasteiger partial charge in [-0.25, -0.2) is 4.90 Å². The largest absolute Gasteiger partial charge is 0.456 e. The molecule has 8 heteroatoms. The highest BCUT2D eigenvalue weighted by Gasteiger charge is 2.67. The van der Waals surface area contributed by atoms with Crippen LogP contribution in [-0.4, -0.2) is 17.7 Å². The zero-order valence-electron chi connectivity index (χ0n) is 20.0. The Bertz CT molecular complexity index is 1500. The summed E-state index contributed by atoms with van der Waals surface area (Å²) in [5.41, 5.74) is 1.37. The molecule has 4 aliphatic carbocycles. The Morgan fingerprint density at radius 3 is 2.21 bits per heavy atom. The lowest BCUT2D eigenvalue weighted by atomic mass is 9.63. The maximum atomic E-state index is 13.4. The SMILES string of the molecule is O=C(Nc1ccc(Oc2ccc(Cl)cc2Cl)cc1)c1cccc(N2C(=O)[C@@H]3[C@H]4C=C[C@@H]([C@@H]5C[C@H]45)[C@H]3C2=O)c1. The van der Waals surface area contributed by atoms with Crippen LogP contribution in [0.3, 0.4) is 0 Å². The van der Waals surface area contributed by atoms with Gasteiger partial charge in [-0.05, 0) is 90.8 Å². The van der Waals surface area contributed by atoms with Crippen molar-refractivity contribution in [2.24, 2.45) is 35.5 Å². The molecule has 1 heterocycles. The first-order valence-corrected chi connectivity index (χ1v) is 13.3. The maximum Gasteiger partial charge on any atom is 0.255 e. The van der Waals surface area contributed by atoms with Crippen molar-refractivity contribution < 1.29 is 19.1 Å². The summed E-state index contributed by atoms with van der Waals surface area (Å²) in [6, 6.07) is 18.5. The molecule has 8 rings (SSSR count). The van der Waals surface area contributed by atoms with E-state index in [-0.39, 0.29) is 41.4 Å². The number of carbonyl (C=O) groups is 3. The van der Waals surface area contributed by atoms with Crippen LogP contribution in [0.5, 0.6) is 11.5 Å². The van der Waals surface area contributed by atoms with Gasteiger partial charge in [-0.15, -0.1) is 0 Å².